The molecule has 0 unspecified atom stereocenters. The number of amides is 1. The van der Waals surface area contributed by atoms with E-state index < -0.39 is 13.2 Å². The fourth-order valence-electron chi connectivity index (χ4n) is 1.48. The van der Waals surface area contributed by atoms with Gasteiger partial charge < -0.3 is 19.8 Å². The Kier molecular flexibility index (Phi) is 3.35. The van der Waals surface area contributed by atoms with Crippen LogP contribution in [0.2, 0.25) is 0 Å². The van der Waals surface area contributed by atoms with E-state index in [1.165, 1.54) is 0 Å². The molecule has 1 saturated carbocycles. The fraction of sp³-hybridized carbons (Fsp3) is 0.417. The average molecular weight is 269 g/mol. The second-order valence-corrected chi connectivity index (χ2v) is 7.94. The van der Waals surface area contributed by atoms with E-state index >= 15 is 0 Å². The summed E-state index contributed by atoms with van der Waals surface area (Å²) in [6.07, 6.45) is 1.23. The summed E-state index contributed by atoms with van der Waals surface area (Å²) < 4.78 is 22.5. The smallest absolute Gasteiger partial charge is 0.410 e. The van der Waals surface area contributed by atoms with Crippen LogP contribution in [0.4, 0.5) is 4.79 Å². The molecule has 0 spiro atoms. The fourth-order valence-corrected chi connectivity index (χ4v) is 2.34. The molecule has 1 aliphatic rings. The van der Waals surface area contributed by atoms with Crippen LogP contribution in [0.3, 0.4) is 0 Å². The zero-order valence-corrected chi connectivity index (χ0v) is 11.3. The van der Waals surface area contributed by atoms with Gasteiger partial charge in [-0.25, -0.2) is 4.79 Å². The van der Waals surface area contributed by atoms with Gasteiger partial charge in [-0.05, 0) is 44.4 Å². The number of primary amides is 1. The first-order chi connectivity index (χ1) is 8.36. The molecule has 0 atom stereocenters. The van der Waals surface area contributed by atoms with Crippen molar-refractivity contribution in [1.29, 1.82) is 0 Å². The summed E-state index contributed by atoms with van der Waals surface area (Å²) in [6, 6.07) is 4.90. The minimum atomic E-state index is -2.37. The highest BCUT2D eigenvalue weighted by Crippen LogP contribution is 2.39. The van der Waals surface area contributed by atoms with Crippen LogP contribution in [-0.2, 0) is 4.57 Å². The summed E-state index contributed by atoms with van der Waals surface area (Å²) in [7, 11) is -2.37. The van der Waals surface area contributed by atoms with E-state index in [-0.39, 0.29) is 11.9 Å². The van der Waals surface area contributed by atoms with Crippen molar-refractivity contribution in [2.75, 3.05) is 13.3 Å². The molecule has 0 aliphatic heterocycles. The van der Waals surface area contributed by atoms with Gasteiger partial charge in [0.25, 0.3) is 0 Å². The normalized spacial score (nSPS) is 15.2. The minimum Gasteiger partial charge on any atom is -0.486 e. The number of ether oxygens (including phenoxy) is 2. The molecule has 0 bridgehead atoms. The van der Waals surface area contributed by atoms with E-state index in [2.05, 4.69) is 0 Å². The summed E-state index contributed by atoms with van der Waals surface area (Å²) in [5.41, 5.74) is 4.99. The highest BCUT2D eigenvalue weighted by Gasteiger charge is 2.26. The van der Waals surface area contributed by atoms with Crippen molar-refractivity contribution in [3.8, 4) is 11.5 Å². The molecule has 1 fully saturated rings. The molecule has 0 saturated heterocycles. The van der Waals surface area contributed by atoms with Crippen molar-refractivity contribution in [3.05, 3.63) is 18.2 Å². The molecule has 1 aromatic rings. The SMILES string of the molecule is CP(C)(=O)c1ccc(OC(N)=O)c(OC2CC2)c1. The largest absolute Gasteiger partial charge is 0.486 e. The van der Waals surface area contributed by atoms with Gasteiger partial charge in [-0.2, -0.15) is 0 Å². The molecule has 2 rings (SSSR count). The number of benzene rings is 1. The first-order valence-corrected chi connectivity index (χ1v) is 8.30. The quantitative estimate of drug-likeness (QED) is 0.847. The van der Waals surface area contributed by atoms with Gasteiger partial charge in [-0.15, -0.1) is 0 Å². The zero-order chi connectivity index (χ0) is 13.3. The molecule has 5 nitrogen and oxygen atoms in total. The van der Waals surface area contributed by atoms with Gasteiger partial charge in [-0.3, -0.25) is 0 Å². The third-order valence-corrected chi connectivity index (χ3v) is 4.10. The summed E-state index contributed by atoms with van der Waals surface area (Å²) >= 11 is 0. The summed E-state index contributed by atoms with van der Waals surface area (Å²) in [4.78, 5) is 10.8. The van der Waals surface area contributed by atoms with Crippen LogP contribution in [-0.4, -0.2) is 25.5 Å². The van der Waals surface area contributed by atoms with Gasteiger partial charge in [0, 0.05) is 5.30 Å². The van der Waals surface area contributed by atoms with Crippen LogP contribution < -0.4 is 20.5 Å². The Hall–Kier alpha value is -1.48. The Morgan fingerprint density at radius 3 is 2.50 bits per heavy atom. The predicted molar refractivity (Wildman–Crippen MR) is 69.4 cm³/mol. The summed E-state index contributed by atoms with van der Waals surface area (Å²) in [5, 5.41) is 0.690. The van der Waals surface area contributed by atoms with E-state index in [4.69, 9.17) is 15.2 Å². The monoisotopic (exact) mass is 269 g/mol. The molecule has 2 N–H and O–H groups in total. The molecule has 0 radical (unpaired) electrons. The van der Waals surface area contributed by atoms with Crippen molar-refractivity contribution >= 4 is 18.5 Å². The first-order valence-electron chi connectivity index (χ1n) is 5.70. The van der Waals surface area contributed by atoms with E-state index in [0.717, 1.165) is 12.8 Å². The number of hydrogen-bond acceptors (Lipinski definition) is 4. The van der Waals surface area contributed by atoms with Gasteiger partial charge >= 0.3 is 6.09 Å². The lowest BCUT2D eigenvalue weighted by Gasteiger charge is -2.13. The third kappa shape index (κ3) is 3.26. The molecule has 18 heavy (non-hydrogen) atoms. The van der Waals surface area contributed by atoms with Crippen LogP contribution in [0, 0.1) is 0 Å². The predicted octanol–water partition coefficient (Wildman–Crippen LogP) is 1.93. The Labute approximate surface area is 106 Å². The van der Waals surface area contributed by atoms with Crippen LogP contribution in [0.1, 0.15) is 12.8 Å². The summed E-state index contributed by atoms with van der Waals surface area (Å²) in [6.45, 7) is 3.36. The van der Waals surface area contributed by atoms with Crippen LogP contribution in [0.25, 0.3) is 0 Å². The second-order valence-electron chi connectivity index (χ2n) is 4.72. The van der Waals surface area contributed by atoms with E-state index in [9.17, 15) is 9.36 Å². The van der Waals surface area contributed by atoms with E-state index in [1.54, 1.807) is 31.5 Å². The average Bonchev–Trinajstić information content (AvgIpc) is 3.02. The lowest BCUT2D eigenvalue weighted by atomic mass is 10.3. The molecule has 1 aromatic carbocycles. The Morgan fingerprint density at radius 2 is 2.00 bits per heavy atom. The Balaban J connectivity index is 2.34. The summed E-state index contributed by atoms with van der Waals surface area (Å²) in [5.74, 6) is 0.698. The lowest BCUT2D eigenvalue weighted by Crippen LogP contribution is -2.17. The van der Waals surface area contributed by atoms with Crippen LogP contribution in [0.5, 0.6) is 11.5 Å². The molecule has 98 valence electrons. The number of carbonyl (C=O) groups is 1. The molecular weight excluding hydrogens is 253 g/mol. The van der Waals surface area contributed by atoms with Gasteiger partial charge in [0.2, 0.25) is 0 Å². The van der Waals surface area contributed by atoms with Gasteiger partial charge in [0.15, 0.2) is 11.5 Å². The molecule has 6 heteroatoms. The van der Waals surface area contributed by atoms with Crippen LogP contribution >= 0.6 is 7.14 Å². The van der Waals surface area contributed by atoms with Crippen LogP contribution in [0.15, 0.2) is 18.2 Å². The molecule has 0 aromatic heterocycles. The minimum absolute atomic E-state index is 0.156. The molecule has 0 heterocycles. The highest BCUT2D eigenvalue weighted by molar-refractivity contribution is 7.70. The maximum absolute atomic E-state index is 12.0. The maximum Gasteiger partial charge on any atom is 0.410 e. The van der Waals surface area contributed by atoms with Crippen molar-refractivity contribution in [1.82, 2.24) is 0 Å². The topological polar surface area (TPSA) is 78.6 Å². The number of rotatable bonds is 4. The third-order valence-electron chi connectivity index (χ3n) is 2.58. The Morgan fingerprint density at radius 1 is 1.33 bits per heavy atom. The maximum atomic E-state index is 12.0. The highest BCUT2D eigenvalue weighted by atomic mass is 31.2. The van der Waals surface area contributed by atoms with Crippen molar-refractivity contribution in [2.24, 2.45) is 5.73 Å². The standard InChI is InChI=1S/C12H16NO4P/c1-18(2,15)9-5-6-10(17-12(13)14)11(7-9)16-8-3-4-8/h5-8H,3-4H2,1-2H3,(H2,13,14). The van der Waals surface area contributed by atoms with Crippen molar-refractivity contribution < 1.29 is 18.8 Å². The molecule has 1 amide bonds. The number of hydrogen-bond donors (Lipinski definition) is 1. The van der Waals surface area contributed by atoms with Gasteiger partial charge in [0.05, 0.1) is 6.10 Å². The van der Waals surface area contributed by atoms with E-state index in [1.807, 2.05) is 0 Å². The van der Waals surface area contributed by atoms with E-state index in [0.29, 0.717) is 11.1 Å². The number of carbonyl (C=O) groups excluding carboxylic acids is 1. The molecular formula is C12H16NO4P. The first kappa shape index (κ1) is 13.0. The number of nitrogens with two attached hydrogens (primary N) is 1. The lowest BCUT2D eigenvalue weighted by molar-refractivity contribution is 0.206. The van der Waals surface area contributed by atoms with Crippen molar-refractivity contribution in [3.63, 3.8) is 0 Å². The van der Waals surface area contributed by atoms with Gasteiger partial charge in [0.1, 0.15) is 7.14 Å². The zero-order valence-electron chi connectivity index (χ0n) is 10.4. The molecule has 1 aliphatic carbocycles. The second kappa shape index (κ2) is 4.65. The van der Waals surface area contributed by atoms with Gasteiger partial charge in [-0.1, -0.05) is 0 Å². The van der Waals surface area contributed by atoms with Crippen molar-refractivity contribution in [2.45, 2.75) is 18.9 Å². The Bertz CT molecular complexity index is 519.